The van der Waals surface area contributed by atoms with Gasteiger partial charge in [-0.25, -0.2) is 4.98 Å². The minimum absolute atomic E-state index is 0.0247. The lowest BCUT2D eigenvalue weighted by Crippen LogP contribution is -2.50. The molecule has 1 aliphatic heterocycles. The molecule has 1 aromatic heterocycles. The van der Waals surface area contributed by atoms with Crippen LogP contribution < -0.4 is 15.8 Å². The van der Waals surface area contributed by atoms with Crippen molar-refractivity contribution in [2.45, 2.75) is 165 Å². The van der Waals surface area contributed by atoms with Crippen LogP contribution in [0.4, 0.5) is 11.8 Å². The van der Waals surface area contributed by atoms with Gasteiger partial charge in [-0.05, 0) is 150 Å². The number of nitrogens with two attached hydrogens (primary N) is 1. The Morgan fingerprint density at radius 3 is 1.75 bits per heavy atom. The Morgan fingerprint density at radius 1 is 0.738 bits per heavy atom. The first-order valence-corrected chi connectivity index (χ1v) is 24.3. The number of hydrogen-bond donors (Lipinski definition) is 3. The normalized spacial score (nSPS) is 14.7. The number of nitrogens with zero attached hydrogens (tertiary/aromatic N) is 4. The average Bonchev–Trinajstić information content (AvgIpc) is 3.27. The third-order valence-corrected chi connectivity index (χ3v) is 12.3. The van der Waals surface area contributed by atoms with E-state index in [1.165, 1.54) is 33.4 Å². The second-order valence-electron chi connectivity index (χ2n) is 18.4. The van der Waals surface area contributed by atoms with E-state index in [1.807, 2.05) is 28.9 Å². The van der Waals surface area contributed by atoms with Crippen molar-refractivity contribution in [3.8, 4) is 5.75 Å². The van der Waals surface area contributed by atoms with Crippen LogP contribution in [0.15, 0.2) is 88.1 Å². The van der Waals surface area contributed by atoms with Crippen LogP contribution in [0.25, 0.3) is 0 Å². The van der Waals surface area contributed by atoms with E-state index in [9.17, 15) is 14.7 Å². The molecule has 1 aliphatic rings. The molecule has 0 bridgehead atoms. The third kappa shape index (κ3) is 20.4. The summed E-state index contributed by atoms with van der Waals surface area (Å²) >= 11 is 0. The number of aromatic nitrogens is 2. The van der Waals surface area contributed by atoms with Gasteiger partial charge in [-0.2, -0.15) is 4.98 Å². The molecule has 1 fully saturated rings. The lowest BCUT2D eigenvalue weighted by atomic mass is 10.0. The number of ether oxygens (including phenoxy) is 1. The molecule has 0 aliphatic carbocycles. The molecule has 2 heterocycles. The SMILES string of the molecule is CCC[C@@H](CO)Nc1nc(N)nc(C)c1Cc1ccc(C(=O)N2CCN(C(=O)CCC(C)=CCCC(C)=CCCC(C)=CCCC=C(C)CCC=C(C)CCC=C(C)C)CC2)cc1OC. The molecule has 0 saturated carbocycles. The summed E-state index contributed by atoms with van der Waals surface area (Å²) in [6, 6.07) is 5.37. The number of nitrogen functional groups attached to an aromatic ring is 1. The van der Waals surface area contributed by atoms with E-state index in [0.29, 0.717) is 56.2 Å². The number of aryl methyl sites for hydroxylation is 1. The number of aliphatic hydroxyl groups is 1. The number of anilines is 2. The Balaban J connectivity index is 1.38. The minimum atomic E-state index is -0.157. The van der Waals surface area contributed by atoms with Gasteiger partial charge in [0.15, 0.2) is 0 Å². The van der Waals surface area contributed by atoms with Crippen LogP contribution in [0.5, 0.6) is 5.75 Å². The number of allylic oxidation sites excluding steroid dienone is 12. The average molecular weight is 893 g/mol. The molecule has 10 nitrogen and oxygen atoms in total. The van der Waals surface area contributed by atoms with E-state index in [1.54, 1.807) is 13.2 Å². The molecule has 10 heteroatoms. The van der Waals surface area contributed by atoms with Crippen molar-refractivity contribution >= 4 is 23.6 Å². The Hall–Kier alpha value is -4.96. The quantitative estimate of drug-likeness (QED) is 0.0596. The van der Waals surface area contributed by atoms with Crippen LogP contribution >= 0.6 is 0 Å². The number of benzene rings is 1. The largest absolute Gasteiger partial charge is 0.496 e. The van der Waals surface area contributed by atoms with Gasteiger partial charge in [-0.15, -0.1) is 0 Å². The summed E-state index contributed by atoms with van der Waals surface area (Å²) in [6.07, 6.45) is 28.6. The summed E-state index contributed by atoms with van der Waals surface area (Å²) in [7, 11) is 1.60. The number of carbonyl (C=O) groups is 2. The third-order valence-electron chi connectivity index (χ3n) is 12.3. The van der Waals surface area contributed by atoms with Gasteiger partial charge in [-0.3, -0.25) is 9.59 Å². The highest BCUT2D eigenvalue weighted by atomic mass is 16.5. The molecular weight excluding hydrogens is 809 g/mol. The summed E-state index contributed by atoms with van der Waals surface area (Å²) in [5, 5.41) is 13.3. The fraction of sp³-hybridized carbons (Fsp3) is 0.564. The van der Waals surface area contributed by atoms with Gasteiger partial charge >= 0.3 is 0 Å². The van der Waals surface area contributed by atoms with Crippen molar-refractivity contribution in [1.29, 1.82) is 0 Å². The van der Waals surface area contributed by atoms with Gasteiger partial charge in [0, 0.05) is 55.8 Å². The molecule has 1 saturated heterocycles. The molecule has 0 unspecified atom stereocenters. The van der Waals surface area contributed by atoms with Gasteiger partial charge in [0.1, 0.15) is 11.6 Å². The summed E-state index contributed by atoms with van der Waals surface area (Å²) in [6.45, 7) is 21.4. The van der Waals surface area contributed by atoms with Crippen molar-refractivity contribution in [2.75, 3.05) is 50.9 Å². The van der Waals surface area contributed by atoms with Gasteiger partial charge in [-0.1, -0.05) is 89.3 Å². The number of amides is 2. The zero-order chi connectivity index (χ0) is 47.7. The summed E-state index contributed by atoms with van der Waals surface area (Å²) in [5.74, 6) is 1.40. The lowest BCUT2D eigenvalue weighted by molar-refractivity contribution is -0.132. The molecule has 65 heavy (non-hydrogen) atoms. The zero-order valence-corrected chi connectivity index (χ0v) is 42.0. The second kappa shape index (κ2) is 29.5. The van der Waals surface area contributed by atoms with Crippen LogP contribution in [0.3, 0.4) is 0 Å². The first-order chi connectivity index (χ1) is 31.1. The number of unbranched alkanes of at least 4 members (excludes halogenated alkanes) is 1. The highest BCUT2D eigenvalue weighted by Crippen LogP contribution is 2.29. The van der Waals surface area contributed by atoms with Crippen molar-refractivity contribution in [3.05, 3.63) is 110 Å². The Bertz CT molecular complexity index is 2010. The van der Waals surface area contributed by atoms with E-state index in [-0.39, 0.29) is 30.4 Å². The van der Waals surface area contributed by atoms with Gasteiger partial charge in [0.2, 0.25) is 11.9 Å². The van der Waals surface area contributed by atoms with Crippen molar-refractivity contribution in [1.82, 2.24) is 19.8 Å². The second-order valence-corrected chi connectivity index (χ2v) is 18.4. The maximum absolute atomic E-state index is 13.6. The zero-order valence-electron chi connectivity index (χ0n) is 42.0. The minimum Gasteiger partial charge on any atom is -0.496 e. The molecule has 2 amide bonds. The number of aliphatic hydroxyl groups excluding tert-OH is 1. The first-order valence-electron chi connectivity index (χ1n) is 24.3. The van der Waals surface area contributed by atoms with E-state index < -0.39 is 0 Å². The van der Waals surface area contributed by atoms with Crippen molar-refractivity contribution < 1.29 is 19.4 Å². The molecule has 3 rings (SSSR count). The smallest absolute Gasteiger partial charge is 0.254 e. The molecule has 1 aromatic carbocycles. The van der Waals surface area contributed by atoms with Gasteiger partial charge in [0.05, 0.1) is 19.8 Å². The van der Waals surface area contributed by atoms with E-state index in [2.05, 4.69) is 107 Å². The Labute approximate surface area is 393 Å². The predicted octanol–water partition coefficient (Wildman–Crippen LogP) is 12.2. The van der Waals surface area contributed by atoms with Crippen LogP contribution in [-0.2, 0) is 11.2 Å². The van der Waals surface area contributed by atoms with Crippen LogP contribution in [0.1, 0.15) is 172 Å². The highest BCUT2D eigenvalue weighted by Gasteiger charge is 2.26. The molecule has 2 aromatic rings. The number of methoxy groups -OCH3 is 1. The van der Waals surface area contributed by atoms with E-state index in [0.717, 1.165) is 100 Å². The maximum atomic E-state index is 13.6. The van der Waals surface area contributed by atoms with Crippen LogP contribution in [0.2, 0.25) is 0 Å². The van der Waals surface area contributed by atoms with E-state index in [4.69, 9.17) is 10.5 Å². The molecular formula is C55H84N6O4. The number of carbonyl (C=O) groups excluding carboxylic acids is 2. The number of piperazine rings is 1. The van der Waals surface area contributed by atoms with Gasteiger partial charge in [0.25, 0.3) is 5.91 Å². The predicted molar refractivity (Wildman–Crippen MR) is 272 cm³/mol. The number of rotatable bonds is 27. The van der Waals surface area contributed by atoms with Gasteiger partial charge < -0.3 is 30.7 Å². The summed E-state index contributed by atoms with van der Waals surface area (Å²) < 4.78 is 5.77. The standard InChI is InChI=1S/C55H84N6O4/c1-11-18-49(39-62)58-53-50(46(9)57-55(56)59-53)37-47-30-31-48(38-51(47)65-10)54(64)61-35-33-60(34-36-61)52(63)32-29-45(8)28-17-27-44(7)26-16-24-42(5)21-13-12-20-41(4)23-15-25-43(6)22-14-19-40(2)3/h19-21,25-26,28,30-31,38,49,62H,11-18,22-24,27,29,32-37,39H2,1-10H3,(H3,56,57,58,59)/t49-/m0/s1. The summed E-state index contributed by atoms with van der Waals surface area (Å²) in [5.41, 5.74) is 17.5. The number of hydrogen-bond acceptors (Lipinski definition) is 8. The topological polar surface area (TPSA) is 134 Å². The maximum Gasteiger partial charge on any atom is 0.254 e. The molecule has 1 atom stereocenters. The fourth-order valence-electron chi connectivity index (χ4n) is 8.11. The molecule has 358 valence electrons. The Kier molecular flexibility index (Phi) is 24.7. The number of nitrogens with one attached hydrogen (secondary N) is 1. The lowest BCUT2D eigenvalue weighted by Gasteiger charge is -2.35. The first kappa shape index (κ1) is 54.4. The molecule has 4 N–H and O–H groups in total. The van der Waals surface area contributed by atoms with Crippen LogP contribution in [0, 0.1) is 6.92 Å². The molecule has 0 spiro atoms. The van der Waals surface area contributed by atoms with E-state index >= 15 is 0 Å². The fourth-order valence-corrected chi connectivity index (χ4v) is 8.11. The monoisotopic (exact) mass is 893 g/mol. The van der Waals surface area contributed by atoms with Crippen molar-refractivity contribution in [2.24, 2.45) is 0 Å². The summed E-state index contributed by atoms with van der Waals surface area (Å²) in [4.78, 5) is 39.4. The van der Waals surface area contributed by atoms with Crippen molar-refractivity contribution in [3.63, 3.8) is 0 Å². The van der Waals surface area contributed by atoms with Crippen LogP contribution in [-0.4, -0.2) is 82.6 Å². The molecule has 0 radical (unpaired) electrons. The highest BCUT2D eigenvalue weighted by molar-refractivity contribution is 5.95. The Morgan fingerprint density at radius 2 is 1.25 bits per heavy atom.